The van der Waals surface area contributed by atoms with Crippen molar-refractivity contribution in [3.8, 4) is 11.3 Å². The Morgan fingerprint density at radius 3 is 2.45 bits per heavy atom. The maximum Gasteiger partial charge on any atom is 0.323 e. The van der Waals surface area contributed by atoms with Gasteiger partial charge in [0.1, 0.15) is 6.54 Å². The van der Waals surface area contributed by atoms with Gasteiger partial charge in [0.2, 0.25) is 0 Å². The molecule has 0 fully saturated rings. The van der Waals surface area contributed by atoms with Crippen molar-refractivity contribution in [2.45, 2.75) is 20.4 Å². The fourth-order valence-electron chi connectivity index (χ4n) is 2.19. The van der Waals surface area contributed by atoms with Gasteiger partial charge in [-0.2, -0.15) is 0 Å². The molecule has 0 aliphatic rings. The van der Waals surface area contributed by atoms with Gasteiger partial charge in [0.15, 0.2) is 5.78 Å². The predicted octanol–water partition coefficient (Wildman–Crippen LogP) is 2.72. The molecule has 1 aromatic carbocycles. The average molecular weight is 411 g/mol. The molecule has 1 aromatic heterocycles. The number of nitrogens with zero attached hydrogens (tertiary/aromatic N) is 1. The first kappa shape index (κ1) is 16.4. The smallest absolute Gasteiger partial charge is 0.323 e. The molecular formula is C16H14INO4. The Balaban J connectivity index is 2.71. The molecule has 0 atom stereocenters. The number of aromatic nitrogens is 1. The first-order valence-corrected chi connectivity index (χ1v) is 7.62. The fourth-order valence-corrected chi connectivity index (χ4v) is 2.53. The minimum Gasteiger partial charge on any atom is -0.480 e. The van der Waals surface area contributed by atoms with E-state index in [1.165, 1.54) is 13.0 Å². The van der Waals surface area contributed by atoms with Crippen molar-refractivity contribution in [1.29, 1.82) is 0 Å². The van der Waals surface area contributed by atoms with E-state index in [0.717, 1.165) is 19.3 Å². The van der Waals surface area contributed by atoms with E-state index in [0.29, 0.717) is 5.69 Å². The van der Waals surface area contributed by atoms with Crippen molar-refractivity contribution in [1.82, 2.24) is 4.57 Å². The Morgan fingerprint density at radius 1 is 1.23 bits per heavy atom. The first-order chi connectivity index (χ1) is 10.3. The Labute approximate surface area is 140 Å². The molecule has 2 aromatic rings. The normalized spacial score (nSPS) is 10.5. The molecule has 0 aliphatic carbocycles. The molecule has 0 spiro atoms. The third-order valence-electron chi connectivity index (χ3n) is 3.30. The van der Waals surface area contributed by atoms with Gasteiger partial charge in [0, 0.05) is 3.57 Å². The number of ketones is 1. The molecule has 6 heteroatoms. The van der Waals surface area contributed by atoms with Crippen molar-refractivity contribution in [2.75, 3.05) is 0 Å². The van der Waals surface area contributed by atoms with Crippen LogP contribution in [0, 0.1) is 10.5 Å². The van der Waals surface area contributed by atoms with Gasteiger partial charge in [-0.05, 0) is 71.8 Å². The Bertz CT molecular complexity index is 823. The van der Waals surface area contributed by atoms with Gasteiger partial charge in [0.05, 0.1) is 11.3 Å². The molecule has 1 heterocycles. The van der Waals surface area contributed by atoms with E-state index in [1.54, 1.807) is 6.07 Å². The second-order valence-corrected chi connectivity index (χ2v) is 6.10. The maximum atomic E-state index is 12.4. The summed E-state index contributed by atoms with van der Waals surface area (Å²) in [7, 11) is 0. The summed E-state index contributed by atoms with van der Waals surface area (Å²) in [6, 6.07) is 8.69. The lowest BCUT2D eigenvalue weighted by molar-refractivity contribution is -0.137. The van der Waals surface area contributed by atoms with Gasteiger partial charge < -0.3 is 5.11 Å². The van der Waals surface area contributed by atoms with Crippen LogP contribution in [-0.2, 0) is 11.3 Å². The Morgan fingerprint density at radius 2 is 1.91 bits per heavy atom. The number of halogens is 1. The van der Waals surface area contributed by atoms with E-state index in [-0.39, 0.29) is 11.3 Å². The van der Waals surface area contributed by atoms with Crippen LogP contribution in [0.4, 0.5) is 0 Å². The molecule has 5 nitrogen and oxygen atoms in total. The summed E-state index contributed by atoms with van der Waals surface area (Å²) in [5, 5.41) is 9.05. The van der Waals surface area contributed by atoms with Crippen molar-refractivity contribution < 1.29 is 14.7 Å². The van der Waals surface area contributed by atoms with Crippen LogP contribution < -0.4 is 5.56 Å². The lowest BCUT2D eigenvalue weighted by Crippen LogP contribution is -2.29. The van der Waals surface area contributed by atoms with Crippen LogP contribution in [0.2, 0.25) is 0 Å². The van der Waals surface area contributed by atoms with Crippen LogP contribution in [0.1, 0.15) is 22.8 Å². The van der Waals surface area contributed by atoms with Gasteiger partial charge in [-0.1, -0.05) is 6.07 Å². The minimum absolute atomic E-state index is 0.00719. The molecule has 0 bridgehead atoms. The molecule has 0 amide bonds. The number of hydrogen-bond donors (Lipinski definition) is 1. The van der Waals surface area contributed by atoms with Crippen LogP contribution in [0.25, 0.3) is 11.3 Å². The number of carbonyl (C=O) groups is 2. The SMILES string of the molecule is CC(=O)c1ccc(-c2ccc(I)c(C)c2)n(CC(=O)O)c1=O. The van der Waals surface area contributed by atoms with Gasteiger partial charge in [-0.15, -0.1) is 0 Å². The predicted molar refractivity (Wildman–Crippen MR) is 91.2 cm³/mol. The van der Waals surface area contributed by atoms with Crippen LogP contribution in [-0.4, -0.2) is 21.4 Å². The lowest BCUT2D eigenvalue weighted by atomic mass is 10.1. The largest absolute Gasteiger partial charge is 0.480 e. The number of aliphatic carboxylic acids is 1. The number of Topliss-reactive ketones (excluding diaryl/α,β-unsaturated/α-hetero) is 1. The third-order valence-corrected chi connectivity index (χ3v) is 4.51. The van der Waals surface area contributed by atoms with Crippen LogP contribution in [0.5, 0.6) is 0 Å². The van der Waals surface area contributed by atoms with Crippen molar-refractivity contribution in [2.24, 2.45) is 0 Å². The number of hydrogen-bond acceptors (Lipinski definition) is 3. The summed E-state index contributed by atoms with van der Waals surface area (Å²) in [5.41, 5.74) is 1.67. The van der Waals surface area contributed by atoms with Gasteiger partial charge in [0.25, 0.3) is 5.56 Å². The van der Waals surface area contributed by atoms with Crippen LogP contribution in [0.15, 0.2) is 35.1 Å². The van der Waals surface area contributed by atoms with E-state index in [4.69, 9.17) is 5.11 Å². The Kier molecular flexibility index (Phi) is 4.80. The zero-order valence-electron chi connectivity index (χ0n) is 12.1. The quantitative estimate of drug-likeness (QED) is 0.620. The van der Waals surface area contributed by atoms with Crippen LogP contribution in [0.3, 0.4) is 0 Å². The van der Waals surface area contributed by atoms with Crippen molar-refractivity contribution >= 4 is 34.3 Å². The highest BCUT2D eigenvalue weighted by molar-refractivity contribution is 14.1. The average Bonchev–Trinajstić information content (AvgIpc) is 2.43. The lowest BCUT2D eigenvalue weighted by Gasteiger charge is -2.13. The molecular weight excluding hydrogens is 397 g/mol. The zero-order valence-corrected chi connectivity index (χ0v) is 14.2. The molecule has 1 N–H and O–H groups in total. The Hall–Kier alpha value is -1.96. The highest BCUT2D eigenvalue weighted by Gasteiger charge is 2.15. The van der Waals surface area contributed by atoms with E-state index in [2.05, 4.69) is 22.6 Å². The van der Waals surface area contributed by atoms with E-state index >= 15 is 0 Å². The number of carbonyl (C=O) groups excluding carboxylic acids is 1. The number of carboxylic acids is 1. The van der Waals surface area contributed by atoms with E-state index in [1.807, 2.05) is 25.1 Å². The molecule has 0 unspecified atom stereocenters. The summed E-state index contributed by atoms with van der Waals surface area (Å²) in [4.78, 5) is 34.9. The zero-order chi connectivity index (χ0) is 16.4. The first-order valence-electron chi connectivity index (χ1n) is 6.54. The number of carboxylic acid groups (broad SMARTS) is 1. The van der Waals surface area contributed by atoms with E-state index < -0.39 is 18.1 Å². The van der Waals surface area contributed by atoms with E-state index in [9.17, 15) is 14.4 Å². The molecule has 22 heavy (non-hydrogen) atoms. The molecule has 2 rings (SSSR count). The van der Waals surface area contributed by atoms with Gasteiger partial charge >= 0.3 is 5.97 Å². The number of aryl methyl sites for hydroxylation is 1. The number of benzene rings is 1. The van der Waals surface area contributed by atoms with Gasteiger partial charge in [-0.25, -0.2) is 0 Å². The molecule has 0 saturated heterocycles. The highest BCUT2D eigenvalue weighted by Crippen LogP contribution is 2.23. The summed E-state index contributed by atoms with van der Waals surface area (Å²) in [6.07, 6.45) is 0. The summed E-state index contributed by atoms with van der Waals surface area (Å²) in [5.74, 6) is -1.51. The summed E-state index contributed by atoms with van der Waals surface area (Å²) in [6.45, 7) is 2.74. The van der Waals surface area contributed by atoms with Crippen LogP contribution >= 0.6 is 22.6 Å². The molecule has 0 radical (unpaired) electrons. The minimum atomic E-state index is -1.13. The maximum absolute atomic E-state index is 12.4. The monoisotopic (exact) mass is 411 g/mol. The molecule has 114 valence electrons. The fraction of sp³-hybridized carbons (Fsp3) is 0.188. The standard InChI is InChI=1S/C16H14INO4/c1-9-7-11(3-5-13(9)17)14-6-4-12(10(2)19)16(22)18(14)8-15(20)21/h3-7H,8H2,1-2H3,(H,20,21). The van der Waals surface area contributed by atoms with Crippen molar-refractivity contribution in [3.63, 3.8) is 0 Å². The van der Waals surface area contributed by atoms with Crippen molar-refractivity contribution in [3.05, 3.63) is 55.4 Å². The molecule has 0 aliphatic heterocycles. The number of pyridine rings is 1. The topological polar surface area (TPSA) is 76.4 Å². The number of rotatable bonds is 4. The second kappa shape index (κ2) is 6.43. The molecule has 0 saturated carbocycles. The second-order valence-electron chi connectivity index (χ2n) is 4.94. The summed E-state index contributed by atoms with van der Waals surface area (Å²) < 4.78 is 2.20. The summed E-state index contributed by atoms with van der Waals surface area (Å²) >= 11 is 2.20. The highest BCUT2D eigenvalue weighted by atomic mass is 127. The third kappa shape index (κ3) is 3.27. The van der Waals surface area contributed by atoms with Gasteiger partial charge in [-0.3, -0.25) is 19.0 Å².